The van der Waals surface area contributed by atoms with Gasteiger partial charge in [0.05, 0.1) is 7.11 Å². The van der Waals surface area contributed by atoms with Crippen molar-refractivity contribution in [1.29, 1.82) is 0 Å². The van der Waals surface area contributed by atoms with Crippen LogP contribution in [-0.4, -0.2) is 48.3 Å². The molecule has 1 aromatic heterocycles. The summed E-state index contributed by atoms with van der Waals surface area (Å²) >= 11 is 0. The van der Waals surface area contributed by atoms with Crippen LogP contribution in [0, 0.1) is 5.92 Å². The molecule has 5 heteroatoms. The smallest absolute Gasteiger partial charge is 0.325 e. The first kappa shape index (κ1) is 15.3. The lowest BCUT2D eigenvalue weighted by molar-refractivity contribution is 0.206. The van der Waals surface area contributed by atoms with Crippen molar-refractivity contribution in [3.05, 3.63) is 42.7 Å². The van der Waals surface area contributed by atoms with Crippen molar-refractivity contribution in [3.8, 4) is 16.9 Å². The van der Waals surface area contributed by atoms with Crippen molar-refractivity contribution in [2.45, 2.75) is 18.9 Å². The topological polar surface area (TPSA) is 46.5 Å². The SMILES string of the molecule is COc1cccc(-c2ccn(C(=O)NC3CC4CCN(C4)C3)c2)c1. The van der Waals surface area contributed by atoms with Gasteiger partial charge in [-0.1, -0.05) is 12.1 Å². The van der Waals surface area contributed by atoms with Gasteiger partial charge in [-0.15, -0.1) is 0 Å². The van der Waals surface area contributed by atoms with Gasteiger partial charge in [0.25, 0.3) is 0 Å². The summed E-state index contributed by atoms with van der Waals surface area (Å²) in [6.45, 7) is 3.36. The number of rotatable bonds is 3. The van der Waals surface area contributed by atoms with Crippen LogP contribution in [0.1, 0.15) is 12.8 Å². The van der Waals surface area contributed by atoms with E-state index in [9.17, 15) is 4.79 Å². The number of hydrogen-bond donors (Lipinski definition) is 1. The normalized spacial score (nSPS) is 25.5. The molecule has 24 heavy (non-hydrogen) atoms. The molecule has 0 spiro atoms. The molecule has 0 radical (unpaired) electrons. The molecule has 2 bridgehead atoms. The summed E-state index contributed by atoms with van der Waals surface area (Å²) in [5.74, 6) is 1.57. The minimum absolute atomic E-state index is 0.0448. The standard InChI is InChI=1S/C19H23N3O2/c1-24-18-4-2-3-15(10-18)16-6-8-22(12-16)19(23)20-17-9-14-5-7-21(11-14)13-17/h2-4,6,8,10,12,14,17H,5,7,9,11,13H2,1H3,(H,20,23). The van der Waals surface area contributed by atoms with Gasteiger partial charge in [0.2, 0.25) is 0 Å². The Hall–Kier alpha value is -2.27. The number of ether oxygens (including phenoxy) is 1. The highest BCUT2D eigenvalue weighted by Gasteiger charge is 2.32. The maximum atomic E-state index is 12.5. The van der Waals surface area contributed by atoms with Crippen molar-refractivity contribution < 1.29 is 9.53 Å². The second-order valence-corrected chi connectivity index (χ2v) is 6.84. The number of nitrogens with zero attached hydrogens (tertiary/aromatic N) is 2. The predicted molar refractivity (Wildman–Crippen MR) is 93.3 cm³/mol. The lowest BCUT2D eigenvalue weighted by Gasteiger charge is -2.30. The molecule has 1 aromatic carbocycles. The fourth-order valence-electron chi connectivity index (χ4n) is 3.91. The summed E-state index contributed by atoms with van der Waals surface area (Å²) < 4.78 is 6.91. The van der Waals surface area contributed by atoms with E-state index >= 15 is 0 Å². The highest BCUT2D eigenvalue weighted by Crippen LogP contribution is 2.27. The minimum Gasteiger partial charge on any atom is -0.497 e. The Morgan fingerprint density at radius 2 is 2.17 bits per heavy atom. The number of piperidine rings is 1. The number of carbonyl (C=O) groups excluding carboxylic acids is 1. The highest BCUT2D eigenvalue weighted by molar-refractivity contribution is 5.79. The molecule has 2 aliphatic rings. The first-order valence-electron chi connectivity index (χ1n) is 8.57. The summed E-state index contributed by atoms with van der Waals surface area (Å²) in [6.07, 6.45) is 6.08. The van der Waals surface area contributed by atoms with Gasteiger partial charge in [-0.05, 0) is 49.1 Å². The number of aromatic nitrogens is 1. The Kier molecular flexibility index (Phi) is 4.02. The van der Waals surface area contributed by atoms with E-state index in [-0.39, 0.29) is 12.1 Å². The van der Waals surface area contributed by atoms with Crippen LogP contribution in [0.2, 0.25) is 0 Å². The molecular formula is C19H23N3O2. The van der Waals surface area contributed by atoms with Crippen LogP contribution in [0.15, 0.2) is 42.7 Å². The van der Waals surface area contributed by atoms with Gasteiger partial charge in [-0.2, -0.15) is 0 Å². The third-order valence-electron chi connectivity index (χ3n) is 5.12. The average molecular weight is 325 g/mol. The van der Waals surface area contributed by atoms with Gasteiger partial charge < -0.3 is 15.0 Å². The van der Waals surface area contributed by atoms with E-state index in [4.69, 9.17) is 4.74 Å². The van der Waals surface area contributed by atoms with Crippen LogP contribution in [0.5, 0.6) is 5.75 Å². The molecule has 1 N–H and O–H groups in total. The molecule has 0 aliphatic carbocycles. The zero-order valence-electron chi connectivity index (χ0n) is 13.9. The molecular weight excluding hydrogens is 302 g/mol. The summed E-state index contributed by atoms with van der Waals surface area (Å²) in [6, 6.07) is 10.0. The summed E-state index contributed by atoms with van der Waals surface area (Å²) in [5.41, 5.74) is 2.05. The molecule has 2 aromatic rings. The number of amides is 1. The molecule has 2 fully saturated rings. The van der Waals surface area contributed by atoms with Crippen molar-refractivity contribution in [2.75, 3.05) is 26.7 Å². The molecule has 3 unspecified atom stereocenters. The number of benzene rings is 1. The van der Waals surface area contributed by atoms with Crippen LogP contribution in [0.4, 0.5) is 4.79 Å². The van der Waals surface area contributed by atoms with Crippen molar-refractivity contribution in [3.63, 3.8) is 0 Å². The number of nitrogens with one attached hydrogen (secondary N) is 1. The zero-order valence-corrected chi connectivity index (χ0v) is 13.9. The molecule has 5 nitrogen and oxygen atoms in total. The van der Waals surface area contributed by atoms with Gasteiger partial charge >= 0.3 is 6.03 Å². The largest absolute Gasteiger partial charge is 0.497 e. The Labute approximate surface area is 142 Å². The van der Waals surface area contributed by atoms with Crippen molar-refractivity contribution >= 4 is 6.03 Å². The zero-order chi connectivity index (χ0) is 16.5. The Bertz CT molecular complexity index is 728. The second-order valence-electron chi connectivity index (χ2n) is 6.84. The quantitative estimate of drug-likeness (QED) is 0.944. The lowest BCUT2D eigenvalue weighted by Crippen LogP contribution is -2.47. The molecule has 3 atom stereocenters. The first-order valence-corrected chi connectivity index (χ1v) is 8.57. The monoisotopic (exact) mass is 325 g/mol. The molecule has 3 heterocycles. The maximum Gasteiger partial charge on any atom is 0.325 e. The number of fused-ring (bicyclic) bond motifs is 2. The van der Waals surface area contributed by atoms with Gasteiger partial charge in [-0.3, -0.25) is 4.57 Å². The molecule has 126 valence electrons. The highest BCUT2D eigenvalue weighted by atomic mass is 16.5. The fraction of sp³-hybridized carbons (Fsp3) is 0.421. The number of carbonyl (C=O) groups is 1. The Balaban J connectivity index is 1.45. The molecule has 1 amide bonds. The van der Waals surface area contributed by atoms with E-state index in [1.807, 2.05) is 42.7 Å². The van der Waals surface area contributed by atoms with Crippen LogP contribution < -0.4 is 10.1 Å². The van der Waals surface area contributed by atoms with E-state index < -0.39 is 0 Å². The summed E-state index contributed by atoms with van der Waals surface area (Å²) in [4.78, 5) is 15.0. The first-order chi connectivity index (χ1) is 11.7. The van der Waals surface area contributed by atoms with E-state index in [0.29, 0.717) is 0 Å². The van der Waals surface area contributed by atoms with Crippen LogP contribution in [0.25, 0.3) is 11.1 Å². The third kappa shape index (κ3) is 3.04. The maximum absolute atomic E-state index is 12.5. The van der Waals surface area contributed by atoms with Gasteiger partial charge in [0.1, 0.15) is 5.75 Å². The second kappa shape index (κ2) is 6.32. The number of methoxy groups -OCH3 is 1. The van der Waals surface area contributed by atoms with E-state index in [1.165, 1.54) is 19.5 Å². The van der Waals surface area contributed by atoms with E-state index in [2.05, 4.69) is 10.2 Å². The van der Waals surface area contributed by atoms with Crippen LogP contribution >= 0.6 is 0 Å². The van der Waals surface area contributed by atoms with Crippen molar-refractivity contribution in [2.24, 2.45) is 5.92 Å². The minimum atomic E-state index is -0.0448. The molecule has 0 saturated carbocycles. The summed E-state index contributed by atoms with van der Waals surface area (Å²) in [7, 11) is 1.66. The van der Waals surface area contributed by atoms with Gasteiger partial charge in [0, 0.05) is 37.1 Å². The molecule has 4 rings (SSSR count). The van der Waals surface area contributed by atoms with Crippen LogP contribution in [0.3, 0.4) is 0 Å². The lowest BCUT2D eigenvalue weighted by atomic mass is 9.97. The Morgan fingerprint density at radius 1 is 1.25 bits per heavy atom. The Morgan fingerprint density at radius 3 is 3.00 bits per heavy atom. The van der Waals surface area contributed by atoms with Crippen LogP contribution in [-0.2, 0) is 0 Å². The fourth-order valence-corrected chi connectivity index (χ4v) is 3.91. The predicted octanol–water partition coefficient (Wildman–Crippen LogP) is 2.82. The summed E-state index contributed by atoms with van der Waals surface area (Å²) in [5, 5.41) is 3.18. The van der Waals surface area contributed by atoms with Gasteiger partial charge in [-0.25, -0.2) is 4.79 Å². The van der Waals surface area contributed by atoms with Gasteiger partial charge in [0.15, 0.2) is 0 Å². The van der Waals surface area contributed by atoms with Crippen molar-refractivity contribution in [1.82, 2.24) is 14.8 Å². The molecule has 2 saturated heterocycles. The number of hydrogen-bond acceptors (Lipinski definition) is 3. The third-order valence-corrected chi connectivity index (χ3v) is 5.12. The van der Waals surface area contributed by atoms with E-state index in [0.717, 1.165) is 35.8 Å². The average Bonchev–Trinajstić information content (AvgIpc) is 3.22. The van der Waals surface area contributed by atoms with E-state index in [1.54, 1.807) is 11.7 Å². The molecule has 2 aliphatic heterocycles.